The summed E-state index contributed by atoms with van der Waals surface area (Å²) < 4.78 is 5.75. The van der Waals surface area contributed by atoms with Gasteiger partial charge in [-0.15, -0.1) is 11.3 Å². The second kappa shape index (κ2) is 7.53. The van der Waals surface area contributed by atoms with Crippen molar-refractivity contribution in [1.29, 1.82) is 0 Å². The summed E-state index contributed by atoms with van der Waals surface area (Å²) in [7, 11) is 0. The first-order chi connectivity index (χ1) is 11.1. The monoisotopic (exact) mass is 351 g/mol. The number of thiazole rings is 1. The zero-order valence-electron chi connectivity index (χ0n) is 13.3. The van der Waals surface area contributed by atoms with Gasteiger partial charge in [-0.05, 0) is 36.2 Å². The van der Waals surface area contributed by atoms with Gasteiger partial charge in [-0.25, -0.2) is 4.98 Å². The summed E-state index contributed by atoms with van der Waals surface area (Å²) in [6.45, 7) is 6.83. The third-order valence-electron chi connectivity index (χ3n) is 3.62. The smallest absolute Gasteiger partial charge is 0.230 e. The highest BCUT2D eigenvalue weighted by molar-refractivity contribution is 7.13. The molecule has 0 spiro atoms. The van der Waals surface area contributed by atoms with Crippen molar-refractivity contribution in [3.8, 4) is 0 Å². The molecule has 7 heteroatoms. The molecule has 1 amide bonds. The van der Waals surface area contributed by atoms with Crippen molar-refractivity contribution in [3.05, 3.63) is 33.5 Å². The van der Waals surface area contributed by atoms with Gasteiger partial charge in [-0.1, -0.05) is 0 Å². The fourth-order valence-electron chi connectivity index (χ4n) is 2.82. The molecule has 1 fully saturated rings. The Morgan fingerprint density at radius 3 is 2.87 bits per heavy atom. The molecule has 3 rings (SSSR count). The van der Waals surface area contributed by atoms with E-state index >= 15 is 0 Å². The number of hydrogen-bond acceptors (Lipinski definition) is 6. The van der Waals surface area contributed by atoms with Crippen molar-refractivity contribution in [3.63, 3.8) is 0 Å². The maximum atomic E-state index is 12.0. The number of aromatic nitrogens is 1. The Bertz CT molecular complexity index is 632. The van der Waals surface area contributed by atoms with Gasteiger partial charge in [0.2, 0.25) is 5.91 Å². The molecule has 0 unspecified atom stereocenters. The molecule has 1 aliphatic heterocycles. The molecular formula is C16H21N3O2S2. The molecule has 124 valence electrons. The molecule has 2 aromatic heterocycles. The van der Waals surface area contributed by atoms with Crippen LogP contribution in [0.5, 0.6) is 0 Å². The Balaban J connectivity index is 1.52. The number of carbonyl (C=O) groups excluding carboxylic acids is 1. The highest BCUT2D eigenvalue weighted by Gasteiger charge is 2.22. The quantitative estimate of drug-likeness (QED) is 0.900. The minimum atomic E-state index is -0.0158. The first kappa shape index (κ1) is 16.6. The maximum absolute atomic E-state index is 12.0. The number of amides is 1. The fraction of sp³-hybridized carbons (Fsp3) is 0.500. The van der Waals surface area contributed by atoms with Crippen molar-refractivity contribution in [2.75, 3.05) is 18.4 Å². The van der Waals surface area contributed by atoms with Gasteiger partial charge >= 0.3 is 0 Å². The van der Waals surface area contributed by atoms with E-state index in [9.17, 15) is 4.79 Å². The third kappa shape index (κ3) is 4.84. The third-order valence-corrected chi connectivity index (χ3v) is 5.16. The van der Waals surface area contributed by atoms with Crippen LogP contribution in [0, 0.1) is 0 Å². The predicted octanol–water partition coefficient (Wildman–Crippen LogP) is 3.00. The molecule has 2 atom stereocenters. The van der Waals surface area contributed by atoms with Crippen LogP contribution < -0.4 is 5.32 Å². The van der Waals surface area contributed by atoms with E-state index in [1.165, 1.54) is 11.3 Å². The molecule has 0 radical (unpaired) electrons. The second-order valence-corrected chi connectivity index (χ2v) is 7.59. The van der Waals surface area contributed by atoms with Gasteiger partial charge in [0.15, 0.2) is 5.13 Å². The number of nitrogens with one attached hydrogen (secondary N) is 1. The van der Waals surface area contributed by atoms with Crippen LogP contribution in [0.25, 0.3) is 0 Å². The van der Waals surface area contributed by atoms with E-state index in [1.807, 2.05) is 22.2 Å². The molecule has 2 aromatic rings. The lowest BCUT2D eigenvalue weighted by Gasteiger charge is -2.34. The minimum Gasteiger partial charge on any atom is -0.373 e. The van der Waals surface area contributed by atoms with Gasteiger partial charge in [0.25, 0.3) is 0 Å². The van der Waals surface area contributed by atoms with Crippen LogP contribution in [0.3, 0.4) is 0 Å². The Hall–Kier alpha value is -1.28. The summed E-state index contributed by atoms with van der Waals surface area (Å²) in [6.07, 6.45) is 0.904. The molecule has 3 heterocycles. The van der Waals surface area contributed by atoms with Crippen LogP contribution >= 0.6 is 22.7 Å². The predicted molar refractivity (Wildman–Crippen MR) is 94.1 cm³/mol. The SMILES string of the molecule is C[C@@H]1CN(Cc2csc(NC(=O)Cc3ccsc3)n2)C[C@@H](C)O1. The van der Waals surface area contributed by atoms with Gasteiger partial charge in [-0.2, -0.15) is 11.3 Å². The first-order valence-corrected chi connectivity index (χ1v) is 9.54. The normalized spacial score (nSPS) is 22.2. The Kier molecular flexibility index (Phi) is 5.42. The standard InChI is InChI=1S/C16H21N3O2S2/c1-11-6-19(7-12(2)21-11)8-14-10-23-16(17-14)18-15(20)5-13-3-4-22-9-13/h3-4,9-12H,5-8H2,1-2H3,(H,17,18,20)/t11-,12-/m1/s1. The number of anilines is 1. The summed E-state index contributed by atoms with van der Waals surface area (Å²) in [5, 5.41) is 9.55. The molecular weight excluding hydrogens is 330 g/mol. The van der Waals surface area contributed by atoms with Crippen molar-refractivity contribution in [1.82, 2.24) is 9.88 Å². The summed E-state index contributed by atoms with van der Waals surface area (Å²) in [6, 6.07) is 1.97. The van der Waals surface area contributed by atoms with Gasteiger partial charge in [0, 0.05) is 25.0 Å². The van der Waals surface area contributed by atoms with E-state index in [-0.39, 0.29) is 18.1 Å². The van der Waals surface area contributed by atoms with Crippen LogP contribution in [0.2, 0.25) is 0 Å². The summed E-state index contributed by atoms with van der Waals surface area (Å²) in [5.74, 6) is -0.0158. The summed E-state index contributed by atoms with van der Waals surface area (Å²) >= 11 is 3.09. The fourth-order valence-corrected chi connectivity index (χ4v) is 4.21. The van der Waals surface area contributed by atoms with E-state index < -0.39 is 0 Å². The molecule has 0 saturated carbocycles. The second-order valence-electron chi connectivity index (χ2n) is 5.95. The summed E-state index contributed by atoms with van der Waals surface area (Å²) in [4.78, 5) is 18.9. The van der Waals surface area contributed by atoms with Crippen LogP contribution in [-0.4, -0.2) is 41.1 Å². The molecule has 1 saturated heterocycles. The number of morpholine rings is 1. The lowest BCUT2D eigenvalue weighted by atomic mass is 10.2. The zero-order valence-corrected chi connectivity index (χ0v) is 15.0. The molecule has 0 bridgehead atoms. The molecule has 5 nitrogen and oxygen atoms in total. The largest absolute Gasteiger partial charge is 0.373 e. The van der Waals surface area contributed by atoms with Crippen molar-refractivity contribution in [2.45, 2.75) is 39.0 Å². The average molecular weight is 351 g/mol. The molecule has 1 N–H and O–H groups in total. The minimum absolute atomic E-state index is 0.0158. The highest BCUT2D eigenvalue weighted by atomic mass is 32.1. The Labute approximate surface area is 144 Å². The number of ether oxygens (including phenoxy) is 1. The zero-order chi connectivity index (χ0) is 16.2. The number of thiophene rings is 1. The average Bonchev–Trinajstić information content (AvgIpc) is 3.10. The van der Waals surface area contributed by atoms with E-state index in [0.29, 0.717) is 11.6 Å². The molecule has 1 aliphatic rings. The first-order valence-electron chi connectivity index (χ1n) is 7.71. The van der Waals surface area contributed by atoms with E-state index in [2.05, 4.69) is 29.0 Å². The number of nitrogens with zero attached hydrogens (tertiary/aromatic N) is 2. The maximum Gasteiger partial charge on any atom is 0.230 e. The van der Waals surface area contributed by atoms with Gasteiger partial charge < -0.3 is 10.1 Å². The van der Waals surface area contributed by atoms with Crippen LogP contribution in [0.1, 0.15) is 25.1 Å². The Morgan fingerprint density at radius 1 is 1.39 bits per heavy atom. The summed E-state index contributed by atoms with van der Waals surface area (Å²) in [5.41, 5.74) is 2.04. The van der Waals surface area contributed by atoms with Gasteiger partial charge in [0.1, 0.15) is 0 Å². The van der Waals surface area contributed by atoms with Crippen molar-refractivity contribution in [2.24, 2.45) is 0 Å². The van der Waals surface area contributed by atoms with Crippen LogP contribution in [0.15, 0.2) is 22.2 Å². The number of rotatable bonds is 5. The van der Waals surface area contributed by atoms with Gasteiger partial charge in [0.05, 0.1) is 24.3 Å². The van der Waals surface area contributed by atoms with E-state index in [1.54, 1.807) is 11.3 Å². The lowest BCUT2D eigenvalue weighted by molar-refractivity contribution is -0.115. The van der Waals surface area contributed by atoms with E-state index in [4.69, 9.17) is 4.74 Å². The van der Waals surface area contributed by atoms with Crippen molar-refractivity contribution >= 4 is 33.7 Å². The molecule has 0 aromatic carbocycles. The van der Waals surface area contributed by atoms with Crippen LogP contribution in [-0.2, 0) is 22.5 Å². The van der Waals surface area contributed by atoms with Gasteiger partial charge in [-0.3, -0.25) is 9.69 Å². The Morgan fingerprint density at radius 2 is 2.17 bits per heavy atom. The number of hydrogen-bond donors (Lipinski definition) is 1. The molecule has 23 heavy (non-hydrogen) atoms. The van der Waals surface area contributed by atoms with Crippen LogP contribution in [0.4, 0.5) is 5.13 Å². The lowest BCUT2D eigenvalue weighted by Crippen LogP contribution is -2.44. The number of carbonyl (C=O) groups is 1. The molecule has 0 aliphatic carbocycles. The highest BCUT2D eigenvalue weighted by Crippen LogP contribution is 2.19. The topological polar surface area (TPSA) is 54.5 Å². The van der Waals surface area contributed by atoms with E-state index in [0.717, 1.165) is 30.9 Å². The van der Waals surface area contributed by atoms with Crippen molar-refractivity contribution < 1.29 is 9.53 Å².